The number of fused-ring (bicyclic) bond motifs is 1. The number of Topliss-reactive ketones (excluding diaryl/α,β-unsaturated/α-hetero) is 1. The first-order valence-electron chi connectivity index (χ1n) is 10.7. The second-order valence-corrected chi connectivity index (χ2v) is 8.55. The molecular formula is C25H29NO4. The third kappa shape index (κ3) is 3.63. The number of methoxy groups -OCH3 is 1. The SMILES string of the molecule is COC1(C2CCCC2)C=CC(CCC(=O)O)=CC1c1ccc2[nH]cc(C(C)=O)c2c1. The summed E-state index contributed by atoms with van der Waals surface area (Å²) in [7, 11) is 1.78. The van der Waals surface area contributed by atoms with Crippen molar-refractivity contribution in [2.75, 3.05) is 7.11 Å². The highest BCUT2D eigenvalue weighted by molar-refractivity contribution is 6.06. The Kier molecular flexibility index (Phi) is 5.65. The molecule has 2 atom stereocenters. The number of rotatable bonds is 7. The van der Waals surface area contributed by atoms with Gasteiger partial charge in [-0.25, -0.2) is 0 Å². The molecule has 158 valence electrons. The monoisotopic (exact) mass is 407 g/mol. The van der Waals surface area contributed by atoms with Crippen LogP contribution in [0.1, 0.15) is 67.3 Å². The van der Waals surface area contributed by atoms with E-state index < -0.39 is 11.6 Å². The molecule has 2 aromatic rings. The molecule has 2 N–H and O–H groups in total. The lowest BCUT2D eigenvalue weighted by atomic mass is 9.69. The highest BCUT2D eigenvalue weighted by Crippen LogP contribution is 2.49. The predicted molar refractivity (Wildman–Crippen MR) is 117 cm³/mol. The van der Waals surface area contributed by atoms with Gasteiger partial charge in [-0.1, -0.05) is 42.7 Å². The first kappa shape index (κ1) is 20.6. The lowest BCUT2D eigenvalue weighted by Gasteiger charge is -2.43. The maximum absolute atomic E-state index is 12.1. The normalized spacial score (nSPS) is 24.3. The van der Waals surface area contributed by atoms with E-state index in [9.17, 15) is 9.59 Å². The van der Waals surface area contributed by atoms with Crippen LogP contribution in [0.4, 0.5) is 0 Å². The molecular weight excluding hydrogens is 378 g/mol. The van der Waals surface area contributed by atoms with Crippen LogP contribution in [0.2, 0.25) is 0 Å². The van der Waals surface area contributed by atoms with Gasteiger partial charge in [-0.15, -0.1) is 0 Å². The Hall–Kier alpha value is -2.66. The molecule has 1 aromatic heterocycles. The Morgan fingerprint density at radius 2 is 2.03 bits per heavy atom. The zero-order valence-corrected chi connectivity index (χ0v) is 17.6. The molecule has 5 nitrogen and oxygen atoms in total. The predicted octanol–water partition coefficient (Wildman–Crippen LogP) is 5.39. The second kappa shape index (κ2) is 8.23. The van der Waals surface area contributed by atoms with Gasteiger partial charge in [-0.05, 0) is 49.8 Å². The van der Waals surface area contributed by atoms with Gasteiger partial charge < -0.3 is 14.8 Å². The van der Waals surface area contributed by atoms with Crippen LogP contribution in [0.15, 0.2) is 48.2 Å². The zero-order valence-electron chi connectivity index (χ0n) is 17.6. The summed E-state index contributed by atoms with van der Waals surface area (Å²) in [6.07, 6.45) is 13.4. The smallest absolute Gasteiger partial charge is 0.303 e. The summed E-state index contributed by atoms with van der Waals surface area (Å²) in [5.74, 6) is -0.373. The number of carboxylic acids is 1. The van der Waals surface area contributed by atoms with Crippen LogP contribution in [0.5, 0.6) is 0 Å². The lowest BCUT2D eigenvalue weighted by molar-refractivity contribution is -0.136. The molecule has 1 saturated carbocycles. The van der Waals surface area contributed by atoms with Gasteiger partial charge in [0.25, 0.3) is 0 Å². The molecule has 5 heteroatoms. The summed E-state index contributed by atoms with van der Waals surface area (Å²) in [5.41, 5.74) is 3.29. The lowest BCUT2D eigenvalue weighted by Crippen LogP contribution is -2.43. The molecule has 0 spiro atoms. The van der Waals surface area contributed by atoms with Gasteiger partial charge in [0.1, 0.15) is 0 Å². The fourth-order valence-electron chi connectivity index (χ4n) is 5.27. The number of H-pyrrole nitrogens is 1. The van der Waals surface area contributed by atoms with Gasteiger partial charge in [0.15, 0.2) is 5.78 Å². The molecule has 2 aliphatic rings. The summed E-state index contributed by atoms with van der Waals surface area (Å²) in [6.45, 7) is 1.58. The quantitative estimate of drug-likeness (QED) is 0.603. The van der Waals surface area contributed by atoms with Crippen molar-refractivity contribution in [2.45, 2.75) is 57.0 Å². The number of aromatic amines is 1. The van der Waals surface area contributed by atoms with E-state index in [2.05, 4.69) is 35.3 Å². The van der Waals surface area contributed by atoms with Crippen molar-refractivity contribution in [3.63, 3.8) is 0 Å². The number of ketones is 1. The van der Waals surface area contributed by atoms with Crippen LogP contribution in [0.25, 0.3) is 10.9 Å². The largest absolute Gasteiger partial charge is 0.481 e. The molecule has 2 aliphatic carbocycles. The summed E-state index contributed by atoms with van der Waals surface area (Å²) < 4.78 is 6.25. The number of carbonyl (C=O) groups is 2. The second-order valence-electron chi connectivity index (χ2n) is 8.55. The maximum atomic E-state index is 12.1. The van der Waals surface area contributed by atoms with Crippen molar-refractivity contribution in [3.05, 3.63) is 59.3 Å². The first-order chi connectivity index (χ1) is 14.4. The van der Waals surface area contributed by atoms with Crippen molar-refractivity contribution < 1.29 is 19.4 Å². The third-order valence-corrected chi connectivity index (χ3v) is 6.84. The van der Waals surface area contributed by atoms with Gasteiger partial charge >= 0.3 is 5.97 Å². The fourth-order valence-corrected chi connectivity index (χ4v) is 5.27. The Labute approximate surface area is 176 Å². The Morgan fingerprint density at radius 1 is 1.27 bits per heavy atom. The topological polar surface area (TPSA) is 79.4 Å². The number of carbonyl (C=O) groups excluding carboxylic acids is 1. The summed E-state index contributed by atoms with van der Waals surface area (Å²) in [4.78, 5) is 26.4. The molecule has 30 heavy (non-hydrogen) atoms. The number of benzene rings is 1. The van der Waals surface area contributed by atoms with Crippen LogP contribution in [0.3, 0.4) is 0 Å². The maximum Gasteiger partial charge on any atom is 0.303 e. The molecule has 1 heterocycles. The molecule has 1 aromatic carbocycles. The molecule has 0 amide bonds. The Balaban J connectivity index is 1.81. The molecule has 2 unspecified atom stereocenters. The number of nitrogens with one attached hydrogen (secondary N) is 1. The van der Waals surface area contributed by atoms with Crippen molar-refractivity contribution in [1.29, 1.82) is 0 Å². The van der Waals surface area contributed by atoms with Crippen LogP contribution >= 0.6 is 0 Å². The standard InChI is InChI=1S/C25H29NO4/c1-16(27)21-15-26-23-9-8-18(14-20(21)23)22-13-17(7-10-24(28)29)11-12-25(22,30-2)19-5-3-4-6-19/h8-9,11-15,19,22,26H,3-7,10H2,1-2H3,(H,28,29). The third-order valence-electron chi connectivity index (χ3n) is 6.84. The molecule has 0 aliphatic heterocycles. The van der Waals surface area contributed by atoms with Crippen molar-refractivity contribution >= 4 is 22.7 Å². The van der Waals surface area contributed by atoms with Crippen molar-refractivity contribution in [1.82, 2.24) is 4.98 Å². The van der Waals surface area contributed by atoms with Gasteiger partial charge in [0, 0.05) is 42.1 Å². The van der Waals surface area contributed by atoms with Gasteiger partial charge in [0.2, 0.25) is 0 Å². The number of allylic oxidation sites excluding steroid dienone is 2. The van der Waals surface area contributed by atoms with E-state index in [0.717, 1.165) is 34.9 Å². The van der Waals surface area contributed by atoms with E-state index >= 15 is 0 Å². The minimum atomic E-state index is -0.792. The summed E-state index contributed by atoms with van der Waals surface area (Å²) >= 11 is 0. The molecule has 0 radical (unpaired) electrons. The van der Waals surface area contributed by atoms with E-state index in [1.165, 1.54) is 12.8 Å². The number of aliphatic carboxylic acids is 1. The minimum Gasteiger partial charge on any atom is -0.481 e. The fraction of sp³-hybridized carbons (Fsp3) is 0.440. The van der Waals surface area contributed by atoms with E-state index in [0.29, 0.717) is 17.9 Å². The van der Waals surface area contributed by atoms with Crippen molar-refractivity contribution in [3.8, 4) is 0 Å². The van der Waals surface area contributed by atoms with Gasteiger partial charge in [0.05, 0.1) is 5.60 Å². The molecule has 0 saturated heterocycles. The average Bonchev–Trinajstić information content (AvgIpc) is 3.41. The highest BCUT2D eigenvalue weighted by atomic mass is 16.5. The average molecular weight is 408 g/mol. The van der Waals surface area contributed by atoms with Gasteiger partial charge in [-0.2, -0.15) is 0 Å². The first-order valence-corrected chi connectivity index (χ1v) is 10.7. The number of hydrogen-bond acceptors (Lipinski definition) is 3. The van der Waals surface area contributed by atoms with Crippen LogP contribution < -0.4 is 0 Å². The minimum absolute atomic E-state index is 0.0292. The van der Waals surface area contributed by atoms with E-state index in [4.69, 9.17) is 9.84 Å². The van der Waals surface area contributed by atoms with Gasteiger partial charge in [-0.3, -0.25) is 9.59 Å². The summed E-state index contributed by atoms with van der Waals surface area (Å²) in [5, 5.41) is 10.0. The van der Waals surface area contributed by atoms with E-state index in [1.807, 2.05) is 6.07 Å². The summed E-state index contributed by atoms with van der Waals surface area (Å²) in [6, 6.07) is 6.22. The number of ether oxygens (including phenoxy) is 1. The Bertz CT molecular complexity index is 1020. The van der Waals surface area contributed by atoms with Crippen LogP contribution in [0, 0.1) is 5.92 Å². The van der Waals surface area contributed by atoms with E-state index in [1.54, 1.807) is 20.2 Å². The van der Waals surface area contributed by atoms with Crippen LogP contribution in [-0.2, 0) is 9.53 Å². The highest BCUT2D eigenvalue weighted by Gasteiger charge is 2.46. The van der Waals surface area contributed by atoms with Crippen LogP contribution in [-0.4, -0.2) is 34.6 Å². The number of carboxylic acid groups (broad SMARTS) is 1. The zero-order chi connectivity index (χ0) is 21.3. The molecule has 4 rings (SSSR count). The van der Waals surface area contributed by atoms with Crippen molar-refractivity contribution in [2.24, 2.45) is 5.92 Å². The molecule has 0 bridgehead atoms. The van der Waals surface area contributed by atoms with E-state index in [-0.39, 0.29) is 18.1 Å². The Morgan fingerprint density at radius 3 is 2.70 bits per heavy atom. The number of aromatic nitrogens is 1. The number of hydrogen-bond donors (Lipinski definition) is 2. The molecule has 1 fully saturated rings.